The molecule has 1 aliphatic carbocycles. The smallest absolute Gasteiger partial charge is 0.0317 e. The predicted octanol–water partition coefficient (Wildman–Crippen LogP) is 4.81. The lowest BCUT2D eigenvalue weighted by molar-refractivity contribution is 0.540. The summed E-state index contributed by atoms with van der Waals surface area (Å²) in [6.07, 6.45) is 10.1. The van der Waals surface area contributed by atoms with Crippen LogP contribution in [0.25, 0.3) is 5.57 Å². The Morgan fingerprint density at radius 2 is 2.11 bits per heavy atom. The van der Waals surface area contributed by atoms with Crippen molar-refractivity contribution in [1.82, 2.24) is 0 Å². The minimum absolute atomic E-state index is 0.753. The van der Waals surface area contributed by atoms with Crippen molar-refractivity contribution >= 4 is 11.3 Å². The molecule has 2 N–H and O–H groups in total. The number of anilines is 1. The summed E-state index contributed by atoms with van der Waals surface area (Å²) in [6.45, 7) is 4.57. The van der Waals surface area contributed by atoms with Crippen LogP contribution in [0.1, 0.15) is 57.1 Å². The second-order valence-electron chi connectivity index (χ2n) is 5.42. The molecule has 0 fully saturated rings. The molecule has 0 spiro atoms. The number of hydrogen-bond acceptors (Lipinski definition) is 1. The number of hydrogen-bond donors (Lipinski definition) is 1. The molecule has 1 heteroatoms. The summed E-state index contributed by atoms with van der Waals surface area (Å²) < 4.78 is 0. The number of nitrogen functional groups attached to an aromatic ring is 1. The fourth-order valence-electron chi connectivity index (χ4n) is 2.87. The minimum atomic E-state index is 0.753. The third kappa shape index (κ3) is 2.95. The first-order chi connectivity index (χ1) is 8.74. The fourth-order valence-corrected chi connectivity index (χ4v) is 2.87. The highest BCUT2D eigenvalue weighted by Crippen LogP contribution is 2.35. The Labute approximate surface area is 111 Å². The molecule has 0 saturated carbocycles. The molecule has 18 heavy (non-hydrogen) atoms. The van der Waals surface area contributed by atoms with Gasteiger partial charge < -0.3 is 5.73 Å². The maximum absolute atomic E-state index is 5.85. The summed E-state index contributed by atoms with van der Waals surface area (Å²) in [6, 6.07) is 6.38. The van der Waals surface area contributed by atoms with Crippen LogP contribution in [0.3, 0.4) is 0 Å². The molecule has 0 aliphatic heterocycles. The molecule has 0 saturated heterocycles. The van der Waals surface area contributed by atoms with Gasteiger partial charge in [-0.15, -0.1) is 0 Å². The van der Waals surface area contributed by atoms with E-state index in [1.54, 1.807) is 5.57 Å². The van der Waals surface area contributed by atoms with Crippen LogP contribution < -0.4 is 5.73 Å². The number of allylic oxidation sites excluding steroid dienone is 2. The monoisotopic (exact) mass is 243 g/mol. The van der Waals surface area contributed by atoms with Gasteiger partial charge in [-0.3, -0.25) is 0 Å². The lowest BCUT2D eigenvalue weighted by Gasteiger charge is -2.11. The third-order valence-electron chi connectivity index (χ3n) is 4.03. The van der Waals surface area contributed by atoms with E-state index in [2.05, 4.69) is 32.1 Å². The average Bonchev–Trinajstić information content (AvgIpc) is 2.76. The molecule has 0 heterocycles. The van der Waals surface area contributed by atoms with Crippen molar-refractivity contribution in [2.45, 2.75) is 52.4 Å². The van der Waals surface area contributed by atoms with Gasteiger partial charge in [0.05, 0.1) is 0 Å². The lowest BCUT2D eigenvalue weighted by atomic mass is 9.94. The van der Waals surface area contributed by atoms with Crippen molar-refractivity contribution in [2.75, 3.05) is 5.73 Å². The Morgan fingerprint density at radius 3 is 2.83 bits per heavy atom. The highest BCUT2D eigenvalue weighted by atomic mass is 14.5. The van der Waals surface area contributed by atoms with Gasteiger partial charge in [0.1, 0.15) is 0 Å². The van der Waals surface area contributed by atoms with Crippen molar-refractivity contribution in [3.8, 4) is 0 Å². The van der Waals surface area contributed by atoms with E-state index in [4.69, 9.17) is 5.73 Å². The van der Waals surface area contributed by atoms with Gasteiger partial charge in [-0.1, -0.05) is 38.8 Å². The molecule has 1 aliphatic rings. The highest BCUT2D eigenvalue weighted by Gasteiger charge is 2.17. The summed E-state index contributed by atoms with van der Waals surface area (Å²) >= 11 is 0. The predicted molar refractivity (Wildman–Crippen MR) is 80.5 cm³/mol. The van der Waals surface area contributed by atoms with Crippen LogP contribution in [0.5, 0.6) is 0 Å². The molecule has 1 aromatic carbocycles. The van der Waals surface area contributed by atoms with E-state index >= 15 is 0 Å². The van der Waals surface area contributed by atoms with Crippen LogP contribution in [0, 0.1) is 5.92 Å². The molecule has 0 radical (unpaired) electrons. The van der Waals surface area contributed by atoms with E-state index in [0.29, 0.717) is 0 Å². The highest BCUT2D eigenvalue weighted by molar-refractivity contribution is 5.74. The number of benzene rings is 1. The lowest BCUT2D eigenvalue weighted by Crippen LogP contribution is -1.95. The van der Waals surface area contributed by atoms with E-state index < -0.39 is 0 Å². The van der Waals surface area contributed by atoms with Crippen LogP contribution in [0.15, 0.2) is 24.3 Å². The molecular weight excluding hydrogens is 218 g/mol. The zero-order valence-electron chi connectivity index (χ0n) is 11.7. The summed E-state index contributed by atoms with van der Waals surface area (Å²) in [5, 5.41) is 0. The molecule has 0 aromatic heterocycles. The number of nitrogens with two attached hydrogens (primary N) is 1. The van der Waals surface area contributed by atoms with Crippen molar-refractivity contribution in [3.63, 3.8) is 0 Å². The Kier molecular flexibility index (Phi) is 4.46. The number of aryl methyl sites for hydroxylation is 1. The van der Waals surface area contributed by atoms with Crippen molar-refractivity contribution in [3.05, 3.63) is 35.4 Å². The first-order valence-electron chi connectivity index (χ1n) is 7.34. The Hall–Kier alpha value is -1.24. The number of rotatable bonds is 5. The largest absolute Gasteiger partial charge is 0.399 e. The molecule has 0 bridgehead atoms. The Balaban J connectivity index is 2.16. The molecular formula is C17H25N. The standard InChI is InChI=1S/C17H25N/c1-3-5-6-13(4-2)11-14-7-8-15-12-16(18)9-10-17(14)15/h9-13H,3-8,18H2,1-2H3/b14-11-. The minimum Gasteiger partial charge on any atom is -0.399 e. The first kappa shape index (κ1) is 13.2. The van der Waals surface area contributed by atoms with Gasteiger partial charge in [0.2, 0.25) is 0 Å². The topological polar surface area (TPSA) is 26.0 Å². The van der Waals surface area contributed by atoms with Crippen LogP contribution in [0.4, 0.5) is 5.69 Å². The molecule has 1 nitrogen and oxygen atoms in total. The summed E-state index contributed by atoms with van der Waals surface area (Å²) in [4.78, 5) is 0. The van der Waals surface area contributed by atoms with Crippen molar-refractivity contribution in [2.24, 2.45) is 5.92 Å². The van der Waals surface area contributed by atoms with E-state index in [0.717, 1.165) is 18.0 Å². The van der Waals surface area contributed by atoms with Gasteiger partial charge in [-0.2, -0.15) is 0 Å². The van der Waals surface area contributed by atoms with Crippen LogP contribution in [-0.4, -0.2) is 0 Å². The molecule has 1 atom stereocenters. The van der Waals surface area contributed by atoms with Crippen LogP contribution in [0.2, 0.25) is 0 Å². The number of unbranched alkanes of at least 4 members (excludes halogenated alkanes) is 1. The van der Waals surface area contributed by atoms with Gasteiger partial charge in [0, 0.05) is 5.69 Å². The Morgan fingerprint density at radius 1 is 1.28 bits per heavy atom. The third-order valence-corrected chi connectivity index (χ3v) is 4.03. The molecule has 1 aromatic rings. The summed E-state index contributed by atoms with van der Waals surface area (Å²) in [5.74, 6) is 0.753. The van der Waals surface area contributed by atoms with Crippen LogP contribution in [-0.2, 0) is 6.42 Å². The van der Waals surface area contributed by atoms with E-state index in [-0.39, 0.29) is 0 Å². The SMILES string of the molecule is CCCCC(/C=C1/CCc2cc(N)ccc21)CC. The van der Waals surface area contributed by atoms with Gasteiger partial charge >= 0.3 is 0 Å². The van der Waals surface area contributed by atoms with E-state index in [9.17, 15) is 0 Å². The second kappa shape index (κ2) is 6.08. The molecule has 0 amide bonds. The van der Waals surface area contributed by atoms with E-state index in [1.807, 2.05) is 6.07 Å². The average molecular weight is 243 g/mol. The molecule has 98 valence electrons. The molecule has 1 unspecified atom stereocenters. The first-order valence-corrected chi connectivity index (χ1v) is 7.34. The van der Waals surface area contributed by atoms with Gasteiger partial charge in [-0.25, -0.2) is 0 Å². The maximum Gasteiger partial charge on any atom is 0.0317 e. The van der Waals surface area contributed by atoms with Gasteiger partial charge in [0.15, 0.2) is 0 Å². The maximum atomic E-state index is 5.85. The Bertz CT molecular complexity index is 431. The van der Waals surface area contributed by atoms with Crippen molar-refractivity contribution in [1.29, 1.82) is 0 Å². The van der Waals surface area contributed by atoms with Crippen molar-refractivity contribution < 1.29 is 0 Å². The number of fused-ring (bicyclic) bond motifs is 1. The second-order valence-corrected chi connectivity index (χ2v) is 5.42. The zero-order chi connectivity index (χ0) is 13.0. The zero-order valence-corrected chi connectivity index (χ0v) is 11.7. The van der Waals surface area contributed by atoms with Crippen LogP contribution >= 0.6 is 0 Å². The quantitative estimate of drug-likeness (QED) is 0.737. The summed E-state index contributed by atoms with van der Waals surface area (Å²) in [7, 11) is 0. The summed E-state index contributed by atoms with van der Waals surface area (Å²) in [5.41, 5.74) is 11.2. The fraction of sp³-hybridized carbons (Fsp3) is 0.529. The normalized spacial score (nSPS) is 18.0. The van der Waals surface area contributed by atoms with Gasteiger partial charge in [0.25, 0.3) is 0 Å². The van der Waals surface area contributed by atoms with Gasteiger partial charge in [-0.05, 0) is 60.4 Å². The van der Waals surface area contributed by atoms with E-state index in [1.165, 1.54) is 43.2 Å². The molecule has 2 rings (SSSR count).